The van der Waals surface area contributed by atoms with Gasteiger partial charge in [0.2, 0.25) is 0 Å². The molecule has 0 atom stereocenters. The Morgan fingerprint density at radius 3 is 2.33 bits per heavy atom. The van der Waals surface area contributed by atoms with Crippen LogP contribution in [0.25, 0.3) is 0 Å². The third kappa shape index (κ3) is 2.31. The maximum absolute atomic E-state index is 4.99. The first kappa shape index (κ1) is 6.06. The van der Waals surface area contributed by atoms with Crippen molar-refractivity contribution in [2.24, 2.45) is 0 Å². The lowest BCUT2D eigenvalue weighted by atomic mass is 9.46. The fraction of sp³-hybridized carbons (Fsp3) is 0. The van der Waals surface area contributed by atoms with Gasteiger partial charge in [0.15, 0.2) is 0 Å². The van der Waals surface area contributed by atoms with E-state index in [2.05, 4.69) is 17.2 Å². The van der Waals surface area contributed by atoms with E-state index in [4.69, 9.17) is 15.6 Å². The molecule has 0 rings (SSSR count). The Hall–Kier alpha value is 0.0648. The summed E-state index contributed by atoms with van der Waals surface area (Å²) in [7, 11) is 11.1. The zero-order chi connectivity index (χ0) is 4.99. The van der Waals surface area contributed by atoms with Crippen LogP contribution in [0.1, 0.15) is 0 Å². The zero-order valence-corrected chi connectivity index (χ0v) is 3.96. The highest BCUT2D eigenvalue weighted by Gasteiger charge is 1.75. The fourth-order valence-electron chi connectivity index (χ4n) is 0.0340. The molecule has 0 N–H and O–H groups in total. The van der Waals surface area contributed by atoms with Crippen molar-refractivity contribution in [2.45, 2.75) is 0 Å². The molecule has 0 aliphatic rings. The third-order valence-electron chi connectivity index (χ3n) is 0.297. The van der Waals surface area contributed by atoms with E-state index in [1.165, 1.54) is 7.17 Å². The molecule has 0 aromatic rings. The first-order chi connectivity index (χ1) is 2.81. The Morgan fingerprint density at radius 2 is 2.33 bits per heavy atom. The summed E-state index contributed by atoms with van der Waals surface area (Å²) in [6, 6.07) is 0. The highest BCUT2D eigenvalue weighted by molar-refractivity contribution is 7.78. The SMILES string of the molecule is [B][B]C([B])=C=S. The van der Waals surface area contributed by atoms with E-state index in [0.717, 1.165) is 0 Å². The maximum atomic E-state index is 4.99. The van der Waals surface area contributed by atoms with E-state index in [9.17, 15) is 0 Å². The maximum Gasteiger partial charge on any atom is 0.105 e. The van der Waals surface area contributed by atoms with Gasteiger partial charge in [0.1, 0.15) is 7.85 Å². The zero-order valence-electron chi connectivity index (χ0n) is 3.14. The van der Waals surface area contributed by atoms with Crippen molar-refractivity contribution in [3.8, 4) is 0 Å². The number of hydrogen-bond donors (Lipinski definition) is 0. The van der Waals surface area contributed by atoms with Gasteiger partial charge in [0.05, 0.1) is 7.17 Å². The summed E-state index contributed by atoms with van der Waals surface area (Å²) in [4.78, 5) is 0. The molecule has 0 saturated heterocycles. The van der Waals surface area contributed by atoms with Gasteiger partial charge in [-0.2, -0.15) is 0 Å². The van der Waals surface area contributed by atoms with Gasteiger partial charge in [-0.15, -0.1) is 5.37 Å². The smallest absolute Gasteiger partial charge is 0.105 e. The summed E-state index contributed by atoms with van der Waals surface area (Å²) in [5, 5.41) is 2.52. The van der Waals surface area contributed by atoms with Gasteiger partial charge in [-0.1, -0.05) is 5.02 Å². The van der Waals surface area contributed by atoms with Crippen LogP contribution >= 0.6 is 12.2 Å². The molecule has 6 heavy (non-hydrogen) atoms. The Morgan fingerprint density at radius 1 is 1.83 bits per heavy atom. The average Bonchev–Trinajstić information content (AvgIpc) is 1.65. The van der Waals surface area contributed by atoms with Gasteiger partial charge in [0.25, 0.3) is 0 Å². The minimum Gasteiger partial charge on any atom is -0.112 e. The van der Waals surface area contributed by atoms with Crippen LogP contribution in [0.15, 0.2) is 5.37 Å². The summed E-state index contributed by atoms with van der Waals surface area (Å²) < 4.78 is 0. The second-order valence-corrected chi connectivity index (χ2v) is 0.928. The highest BCUT2D eigenvalue weighted by atomic mass is 32.1. The lowest BCUT2D eigenvalue weighted by molar-refractivity contribution is 2.62. The Labute approximate surface area is 46.0 Å². The minimum atomic E-state index is 0.310. The molecule has 0 nitrogen and oxygen atoms in total. The molecule has 0 aromatic carbocycles. The molecular weight excluding hydrogens is 88.5 g/mol. The van der Waals surface area contributed by atoms with E-state index in [1.807, 2.05) is 0 Å². The number of thiocarbonyl (C=S) groups is 1. The van der Waals surface area contributed by atoms with Crippen molar-refractivity contribution in [3.63, 3.8) is 0 Å². The highest BCUT2D eigenvalue weighted by Crippen LogP contribution is 1.65. The molecule has 0 heterocycles. The summed E-state index contributed by atoms with van der Waals surface area (Å²) >= 11 is 4.25. The van der Waals surface area contributed by atoms with Crippen LogP contribution in [0.3, 0.4) is 0 Å². The molecule has 0 aliphatic heterocycles. The summed E-state index contributed by atoms with van der Waals surface area (Å²) in [6.07, 6.45) is 0. The fourth-order valence-corrected chi connectivity index (χ4v) is 0.102. The van der Waals surface area contributed by atoms with Gasteiger partial charge < -0.3 is 0 Å². The molecule has 0 amide bonds. The van der Waals surface area contributed by atoms with E-state index in [0.29, 0.717) is 5.37 Å². The summed E-state index contributed by atoms with van der Waals surface area (Å²) in [6.45, 7) is 0. The van der Waals surface area contributed by atoms with Crippen molar-refractivity contribution >= 4 is 40.0 Å². The van der Waals surface area contributed by atoms with E-state index >= 15 is 0 Å². The molecule has 0 fully saturated rings. The van der Waals surface area contributed by atoms with Crippen molar-refractivity contribution in [1.29, 1.82) is 0 Å². The molecule has 0 aromatic heterocycles. The first-order valence-electron chi connectivity index (χ1n) is 1.36. The molecule has 5 radical (unpaired) electrons. The normalized spacial score (nSPS) is 6.00. The monoisotopic (exact) mass is 89.0 g/mol. The average molecular weight is 88.5 g/mol. The summed E-state index contributed by atoms with van der Waals surface area (Å²) in [5.41, 5.74) is 0. The molecule has 0 saturated carbocycles. The molecule has 4 heteroatoms. The molecular formula is C2B3S. The predicted molar refractivity (Wildman–Crippen MR) is 33.4 cm³/mol. The van der Waals surface area contributed by atoms with E-state index < -0.39 is 0 Å². The van der Waals surface area contributed by atoms with E-state index in [-0.39, 0.29) is 0 Å². The van der Waals surface area contributed by atoms with Gasteiger partial charge in [-0.3, -0.25) is 0 Å². The lowest BCUT2D eigenvalue weighted by Crippen LogP contribution is -1.93. The molecule has 23 valence electrons. The lowest BCUT2D eigenvalue weighted by Gasteiger charge is -1.77. The quantitative estimate of drug-likeness (QED) is 0.304. The predicted octanol–water partition coefficient (Wildman–Crippen LogP) is -0.617. The Bertz CT molecular complexity index is 82.8. The molecule has 0 unspecified atom stereocenters. The minimum absolute atomic E-state index is 0.310. The van der Waals surface area contributed by atoms with Crippen molar-refractivity contribution in [2.75, 3.05) is 0 Å². The van der Waals surface area contributed by atoms with E-state index in [1.54, 1.807) is 0 Å². The Kier molecular flexibility index (Phi) is 3.30. The van der Waals surface area contributed by atoms with Crippen LogP contribution in [0, 0.1) is 0 Å². The second kappa shape index (κ2) is 3.26. The third-order valence-corrected chi connectivity index (χ3v) is 0.533. The van der Waals surface area contributed by atoms with Crippen LogP contribution in [-0.4, -0.2) is 27.8 Å². The van der Waals surface area contributed by atoms with Gasteiger partial charge in [0, 0.05) is 7.74 Å². The van der Waals surface area contributed by atoms with Crippen LogP contribution in [0.5, 0.6) is 0 Å². The first-order valence-corrected chi connectivity index (χ1v) is 1.77. The Balaban J connectivity index is 3.52. The van der Waals surface area contributed by atoms with Crippen LogP contribution < -0.4 is 0 Å². The van der Waals surface area contributed by atoms with Crippen molar-refractivity contribution in [3.05, 3.63) is 5.37 Å². The van der Waals surface area contributed by atoms with Crippen LogP contribution in [0.2, 0.25) is 0 Å². The summed E-state index contributed by atoms with van der Waals surface area (Å²) in [5.74, 6) is 0. The van der Waals surface area contributed by atoms with Crippen molar-refractivity contribution < 1.29 is 0 Å². The largest absolute Gasteiger partial charge is 0.112 e. The van der Waals surface area contributed by atoms with Gasteiger partial charge in [-0.25, -0.2) is 0 Å². The van der Waals surface area contributed by atoms with Gasteiger partial charge in [-0.05, 0) is 12.2 Å². The molecule has 0 aliphatic carbocycles. The molecule has 0 spiro atoms. The van der Waals surface area contributed by atoms with Crippen LogP contribution in [-0.2, 0) is 0 Å². The van der Waals surface area contributed by atoms with Crippen molar-refractivity contribution in [1.82, 2.24) is 0 Å². The molecule has 0 bridgehead atoms. The van der Waals surface area contributed by atoms with Crippen LogP contribution in [0.4, 0.5) is 0 Å². The second-order valence-electron chi connectivity index (χ2n) is 0.724. The standard InChI is InChI=1S/C2B3S/c3-2(1-6)5-4. The number of rotatable bonds is 1. The van der Waals surface area contributed by atoms with Gasteiger partial charge >= 0.3 is 0 Å². The topological polar surface area (TPSA) is 0 Å². The number of hydrogen-bond acceptors (Lipinski definition) is 1.